The van der Waals surface area contributed by atoms with Gasteiger partial charge in [-0.15, -0.1) is 0 Å². The van der Waals surface area contributed by atoms with E-state index in [1.54, 1.807) is 0 Å². The molecular formula is C14H20O7. The molecule has 1 aromatic rings. The van der Waals surface area contributed by atoms with Crippen LogP contribution in [-0.4, -0.2) is 48.7 Å². The third kappa shape index (κ3) is 4.07. The van der Waals surface area contributed by atoms with Gasteiger partial charge < -0.3 is 29.5 Å². The quantitative estimate of drug-likeness (QED) is 0.616. The van der Waals surface area contributed by atoms with Crippen molar-refractivity contribution in [2.24, 2.45) is 0 Å². The van der Waals surface area contributed by atoms with E-state index in [2.05, 4.69) is 4.74 Å². The lowest BCUT2D eigenvalue weighted by molar-refractivity contribution is -0.144. The number of hydrogen-bond acceptors (Lipinski definition) is 7. The Labute approximate surface area is 122 Å². The second kappa shape index (κ2) is 7.82. The molecule has 2 atom stereocenters. The minimum absolute atomic E-state index is 0.202. The van der Waals surface area contributed by atoms with E-state index in [1.165, 1.54) is 33.5 Å². The number of carbonyl (C=O) groups is 1. The molecule has 0 saturated heterocycles. The summed E-state index contributed by atoms with van der Waals surface area (Å²) in [5.41, 5.74) is 0.732. The first-order chi connectivity index (χ1) is 9.98. The van der Waals surface area contributed by atoms with Gasteiger partial charge in [0.1, 0.15) is 17.6 Å². The largest absolute Gasteiger partial charge is 0.496 e. The summed E-state index contributed by atoms with van der Waals surface area (Å²) >= 11 is 0. The van der Waals surface area contributed by atoms with E-state index in [-0.39, 0.29) is 30.1 Å². The lowest BCUT2D eigenvalue weighted by Gasteiger charge is -2.22. The van der Waals surface area contributed by atoms with Crippen molar-refractivity contribution in [3.05, 3.63) is 23.3 Å². The van der Waals surface area contributed by atoms with Crippen molar-refractivity contribution in [1.29, 1.82) is 0 Å². The van der Waals surface area contributed by atoms with Crippen LogP contribution in [-0.2, 0) is 16.1 Å². The van der Waals surface area contributed by atoms with Crippen LogP contribution in [0.2, 0.25) is 0 Å². The van der Waals surface area contributed by atoms with Gasteiger partial charge in [-0.1, -0.05) is 0 Å². The summed E-state index contributed by atoms with van der Waals surface area (Å²) in [6, 6.07) is 3.04. The number of esters is 1. The van der Waals surface area contributed by atoms with Crippen molar-refractivity contribution >= 4 is 5.97 Å². The maximum atomic E-state index is 11.2. The lowest BCUT2D eigenvalue weighted by Crippen LogP contribution is -2.23. The Morgan fingerprint density at radius 2 is 1.67 bits per heavy atom. The number of methoxy groups -OCH3 is 3. The molecule has 0 heterocycles. The molecule has 7 nitrogen and oxygen atoms in total. The average molecular weight is 300 g/mol. The van der Waals surface area contributed by atoms with Gasteiger partial charge in [0.05, 0.1) is 46.0 Å². The van der Waals surface area contributed by atoms with Crippen LogP contribution in [0, 0.1) is 0 Å². The Morgan fingerprint density at radius 1 is 1.14 bits per heavy atom. The number of benzene rings is 1. The zero-order valence-corrected chi connectivity index (χ0v) is 12.2. The minimum atomic E-state index is -1.40. The summed E-state index contributed by atoms with van der Waals surface area (Å²) in [5.74, 6) is -0.156. The minimum Gasteiger partial charge on any atom is -0.496 e. The van der Waals surface area contributed by atoms with Crippen LogP contribution >= 0.6 is 0 Å². The molecule has 3 N–H and O–H groups in total. The Kier molecular flexibility index (Phi) is 6.41. The fraction of sp³-hybridized carbons (Fsp3) is 0.500. The number of rotatable bonds is 7. The van der Waals surface area contributed by atoms with Crippen molar-refractivity contribution in [2.75, 3.05) is 21.3 Å². The molecule has 0 saturated carbocycles. The third-order valence-corrected chi connectivity index (χ3v) is 3.05. The Morgan fingerprint density at radius 3 is 2.05 bits per heavy atom. The second-order valence-corrected chi connectivity index (χ2v) is 4.36. The summed E-state index contributed by atoms with van der Waals surface area (Å²) in [5, 5.41) is 29.4. The van der Waals surface area contributed by atoms with Gasteiger partial charge >= 0.3 is 5.97 Å². The molecule has 0 aliphatic carbocycles. The molecule has 21 heavy (non-hydrogen) atoms. The SMILES string of the molecule is COC(=O)CC(O)C(O)c1c(OC)cc(CO)cc1OC. The summed E-state index contributed by atoms with van der Waals surface area (Å²) in [6.07, 6.45) is -3.15. The molecule has 0 radical (unpaired) electrons. The van der Waals surface area contributed by atoms with Gasteiger partial charge in [-0.2, -0.15) is 0 Å². The summed E-state index contributed by atoms with van der Waals surface area (Å²) < 4.78 is 14.8. The second-order valence-electron chi connectivity index (χ2n) is 4.36. The fourth-order valence-electron chi connectivity index (χ4n) is 1.93. The molecule has 1 rings (SSSR count). The predicted octanol–water partition coefficient (Wildman–Crippen LogP) is 0.153. The van der Waals surface area contributed by atoms with Gasteiger partial charge in [-0.3, -0.25) is 4.79 Å². The summed E-state index contributed by atoms with van der Waals surface area (Å²) in [4.78, 5) is 11.2. The zero-order chi connectivity index (χ0) is 16.0. The molecule has 0 bridgehead atoms. The molecular weight excluding hydrogens is 280 g/mol. The van der Waals surface area contributed by atoms with Crippen molar-refractivity contribution in [1.82, 2.24) is 0 Å². The summed E-state index contributed by atoms with van der Waals surface area (Å²) in [7, 11) is 3.97. The first kappa shape index (κ1) is 17.2. The van der Waals surface area contributed by atoms with Crippen LogP contribution in [0.1, 0.15) is 23.7 Å². The highest BCUT2D eigenvalue weighted by molar-refractivity contribution is 5.70. The Balaban J connectivity index is 3.17. The van der Waals surface area contributed by atoms with Gasteiger partial charge in [-0.05, 0) is 17.7 Å². The first-order valence-corrected chi connectivity index (χ1v) is 6.27. The van der Waals surface area contributed by atoms with Crippen molar-refractivity contribution in [3.63, 3.8) is 0 Å². The predicted molar refractivity (Wildman–Crippen MR) is 73.1 cm³/mol. The normalized spacial score (nSPS) is 13.4. The molecule has 118 valence electrons. The first-order valence-electron chi connectivity index (χ1n) is 6.27. The fourth-order valence-corrected chi connectivity index (χ4v) is 1.93. The monoisotopic (exact) mass is 300 g/mol. The summed E-state index contributed by atoms with van der Waals surface area (Å²) in [6.45, 7) is -0.228. The smallest absolute Gasteiger partial charge is 0.308 e. The van der Waals surface area contributed by atoms with Gasteiger partial charge in [0.2, 0.25) is 0 Å². The van der Waals surface area contributed by atoms with E-state index in [0.717, 1.165) is 0 Å². The van der Waals surface area contributed by atoms with E-state index < -0.39 is 18.2 Å². The Bertz CT molecular complexity index is 461. The molecule has 0 aliphatic rings. The van der Waals surface area contributed by atoms with Crippen LogP contribution < -0.4 is 9.47 Å². The highest BCUT2D eigenvalue weighted by atomic mass is 16.5. The molecule has 0 amide bonds. The molecule has 0 aliphatic heterocycles. The molecule has 1 aromatic carbocycles. The van der Waals surface area contributed by atoms with Crippen LogP contribution in [0.3, 0.4) is 0 Å². The highest BCUT2D eigenvalue weighted by Crippen LogP contribution is 2.37. The molecule has 0 spiro atoms. The number of ether oxygens (including phenoxy) is 3. The van der Waals surface area contributed by atoms with E-state index in [1.807, 2.05) is 0 Å². The van der Waals surface area contributed by atoms with Crippen molar-refractivity contribution < 1.29 is 34.3 Å². The number of aliphatic hydroxyl groups excluding tert-OH is 3. The van der Waals surface area contributed by atoms with E-state index in [4.69, 9.17) is 9.47 Å². The van der Waals surface area contributed by atoms with Crippen LogP contribution in [0.4, 0.5) is 0 Å². The molecule has 0 aromatic heterocycles. The molecule has 7 heteroatoms. The van der Waals surface area contributed by atoms with Crippen molar-refractivity contribution in [2.45, 2.75) is 25.2 Å². The Hall–Kier alpha value is -1.83. The average Bonchev–Trinajstić information content (AvgIpc) is 2.52. The maximum Gasteiger partial charge on any atom is 0.308 e. The van der Waals surface area contributed by atoms with Crippen LogP contribution in [0.5, 0.6) is 11.5 Å². The zero-order valence-electron chi connectivity index (χ0n) is 12.2. The van der Waals surface area contributed by atoms with E-state index in [0.29, 0.717) is 5.56 Å². The van der Waals surface area contributed by atoms with E-state index >= 15 is 0 Å². The number of carbonyl (C=O) groups excluding carboxylic acids is 1. The van der Waals surface area contributed by atoms with Gasteiger partial charge in [0.15, 0.2) is 0 Å². The van der Waals surface area contributed by atoms with Gasteiger partial charge in [0, 0.05) is 0 Å². The highest BCUT2D eigenvalue weighted by Gasteiger charge is 2.28. The van der Waals surface area contributed by atoms with Crippen LogP contribution in [0.15, 0.2) is 12.1 Å². The number of aliphatic hydroxyl groups is 3. The topological polar surface area (TPSA) is 105 Å². The maximum absolute atomic E-state index is 11.2. The lowest BCUT2D eigenvalue weighted by atomic mass is 9.98. The standard InChI is InChI=1S/C14H20O7/c1-19-10-4-8(7-15)5-11(20-2)13(10)14(18)9(16)6-12(17)21-3/h4-5,9,14-16,18H,6-7H2,1-3H3. The van der Waals surface area contributed by atoms with Gasteiger partial charge in [-0.25, -0.2) is 0 Å². The van der Waals surface area contributed by atoms with Crippen LogP contribution in [0.25, 0.3) is 0 Å². The number of hydrogen-bond donors (Lipinski definition) is 3. The van der Waals surface area contributed by atoms with E-state index in [9.17, 15) is 20.1 Å². The third-order valence-electron chi connectivity index (χ3n) is 3.05. The molecule has 0 fully saturated rings. The van der Waals surface area contributed by atoms with Crippen molar-refractivity contribution in [3.8, 4) is 11.5 Å². The van der Waals surface area contributed by atoms with Gasteiger partial charge in [0.25, 0.3) is 0 Å². The molecule has 2 unspecified atom stereocenters.